The van der Waals surface area contributed by atoms with Gasteiger partial charge in [0.25, 0.3) is 0 Å². The molecule has 3 aromatic carbocycles. The van der Waals surface area contributed by atoms with E-state index in [4.69, 9.17) is 0 Å². The molecule has 0 radical (unpaired) electrons. The monoisotopic (exact) mass is 560 g/mol. The van der Waals surface area contributed by atoms with Crippen LogP contribution in [0.5, 0.6) is 0 Å². The van der Waals surface area contributed by atoms with E-state index < -0.39 is 6.04 Å². The average molecular weight is 562 g/mol. The first kappa shape index (κ1) is 27.1. The lowest BCUT2D eigenvalue weighted by Gasteiger charge is -2.33. The van der Waals surface area contributed by atoms with Crippen LogP contribution in [-0.2, 0) is 29.0 Å². The summed E-state index contributed by atoms with van der Waals surface area (Å²) in [7, 11) is 0. The third-order valence-electron chi connectivity index (χ3n) is 7.42. The number of benzene rings is 3. The summed E-state index contributed by atoms with van der Waals surface area (Å²) >= 11 is 3.50. The first-order chi connectivity index (χ1) is 17.9. The summed E-state index contributed by atoms with van der Waals surface area (Å²) < 4.78 is 0.986. The Hall–Kier alpha value is -2.92. The van der Waals surface area contributed by atoms with Crippen LogP contribution < -0.4 is 5.32 Å². The highest BCUT2D eigenvalue weighted by atomic mass is 79.9. The summed E-state index contributed by atoms with van der Waals surface area (Å²) in [6.07, 6.45) is 6.27. The third-order valence-corrected chi connectivity index (χ3v) is 7.94. The van der Waals surface area contributed by atoms with Crippen LogP contribution in [0, 0.1) is 13.8 Å². The number of aryl methyl sites for hydroxylation is 2. The maximum atomic E-state index is 13.9. The summed E-state index contributed by atoms with van der Waals surface area (Å²) in [5, 5.41) is 3.31. The Morgan fingerprint density at radius 1 is 0.865 bits per heavy atom. The fraction of sp³-hybridized carbons (Fsp3) is 0.375. The number of hydrogen-bond acceptors (Lipinski definition) is 2. The second-order valence-corrected chi connectivity index (χ2v) is 11.2. The summed E-state index contributed by atoms with van der Waals surface area (Å²) in [6, 6.07) is 23.8. The standard InChI is InChI=1S/C32H37BrN2O2/c1-23-13-14-27(19-24(23)2)21-31(36)35(22-26-15-17-28(33)18-16-26)30(20-25-9-5-3-6-10-25)32(37)34-29-11-7-4-8-12-29/h3,5-6,9-10,13-19,29-30H,4,7-8,11-12,20-22H2,1-2H3,(H,34,37)/t30-/m1/s1. The molecule has 194 valence electrons. The number of amides is 2. The zero-order chi connectivity index (χ0) is 26.2. The molecule has 37 heavy (non-hydrogen) atoms. The van der Waals surface area contributed by atoms with Crippen molar-refractivity contribution < 1.29 is 9.59 Å². The van der Waals surface area contributed by atoms with Crippen molar-refractivity contribution in [1.82, 2.24) is 10.2 Å². The van der Waals surface area contributed by atoms with Gasteiger partial charge in [0.2, 0.25) is 11.8 Å². The molecule has 0 saturated heterocycles. The Morgan fingerprint density at radius 2 is 1.54 bits per heavy atom. The molecule has 4 nitrogen and oxygen atoms in total. The summed E-state index contributed by atoms with van der Waals surface area (Å²) in [6.45, 7) is 4.53. The Bertz CT molecular complexity index is 1190. The first-order valence-corrected chi connectivity index (χ1v) is 14.1. The normalized spacial score (nSPS) is 14.7. The van der Waals surface area contributed by atoms with Gasteiger partial charge in [0.1, 0.15) is 6.04 Å². The van der Waals surface area contributed by atoms with Crippen LogP contribution in [0.15, 0.2) is 77.3 Å². The molecule has 0 bridgehead atoms. The lowest BCUT2D eigenvalue weighted by molar-refractivity contribution is -0.141. The second-order valence-electron chi connectivity index (χ2n) is 10.3. The highest BCUT2D eigenvalue weighted by Gasteiger charge is 2.32. The number of nitrogens with one attached hydrogen (secondary N) is 1. The number of rotatable bonds is 9. The van der Waals surface area contributed by atoms with E-state index in [1.807, 2.05) is 60.7 Å². The molecule has 1 fully saturated rings. The van der Waals surface area contributed by atoms with Gasteiger partial charge in [-0.25, -0.2) is 0 Å². The highest BCUT2D eigenvalue weighted by molar-refractivity contribution is 9.10. The summed E-state index contributed by atoms with van der Waals surface area (Å²) in [5.41, 5.74) is 5.39. The van der Waals surface area contributed by atoms with Crippen molar-refractivity contribution in [2.24, 2.45) is 0 Å². The van der Waals surface area contributed by atoms with E-state index in [1.165, 1.54) is 17.5 Å². The van der Waals surface area contributed by atoms with E-state index in [0.717, 1.165) is 46.8 Å². The number of nitrogens with zero attached hydrogens (tertiary/aromatic N) is 1. The smallest absolute Gasteiger partial charge is 0.243 e. The van der Waals surface area contributed by atoms with E-state index in [2.05, 4.69) is 47.2 Å². The van der Waals surface area contributed by atoms with Crippen molar-refractivity contribution in [1.29, 1.82) is 0 Å². The highest BCUT2D eigenvalue weighted by Crippen LogP contribution is 2.21. The van der Waals surface area contributed by atoms with Gasteiger partial charge in [-0.05, 0) is 66.6 Å². The molecular formula is C32H37BrN2O2. The van der Waals surface area contributed by atoms with E-state index in [-0.39, 0.29) is 24.3 Å². The van der Waals surface area contributed by atoms with Gasteiger partial charge in [0.05, 0.1) is 6.42 Å². The van der Waals surface area contributed by atoms with Crippen LogP contribution in [0.3, 0.4) is 0 Å². The SMILES string of the molecule is Cc1ccc(CC(=O)N(Cc2ccc(Br)cc2)[C@H](Cc2ccccc2)C(=O)NC2CCCCC2)cc1C. The average Bonchev–Trinajstić information content (AvgIpc) is 2.90. The van der Waals surface area contributed by atoms with E-state index in [9.17, 15) is 9.59 Å². The molecular weight excluding hydrogens is 524 g/mol. The van der Waals surface area contributed by atoms with Gasteiger partial charge < -0.3 is 10.2 Å². The van der Waals surface area contributed by atoms with Gasteiger partial charge in [-0.2, -0.15) is 0 Å². The van der Waals surface area contributed by atoms with Gasteiger partial charge in [0.15, 0.2) is 0 Å². The Balaban J connectivity index is 1.65. The fourth-order valence-electron chi connectivity index (χ4n) is 5.07. The Morgan fingerprint density at radius 3 is 2.22 bits per heavy atom. The van der Waals surface area contributed by atoms with Gasteiger partial charge >= 0.3 is 0 Å². The molecule has 0 heterocycles. The van der Waals surface area contributed by atoms with Crippen molar-refractivity contribution in [3.05, 3.63) is 105 Å². The van der Waals surface area contributed by atoms with Crippen LogP contribution in [0.1, 0.15) is 59.9 Å². The van der Waals surface area contributed by atoms with Crippen LogP contribution in [0.2, 0.25) is 0 Å². The number of hydrogen-bond donors (Lipinski definition) is 1. The molecule has 1 saturated carbocycles. The minimum atomic E-state index is -0.591. The molecule has 4 rings (SSSR count). The number of carbonyl (C=O) groups excluding carboxylic acids is 2. The van der Waals surface area contributed by atoms with E-state index >= 15 is 0 Å². The maximum Gasteiger partial charge on any atom is 0.243 e. The molecule has 3 aromatic rings. The predicted molar refractivity (Wildman–Crippen MR) is 153 cm³/mol. The van der Waals surface area contributed by atoms with E-state index in [1.54, 1.807) is 4.90 Å². The third kappa shape index (κ3) is 7.78. The van der Waals surface area contributed by atoms with Crippen molar-refractivity contribution in [2.75, 3.05) is 0 Å². The number of halogens is 1. The van der Waals surface area contributed by atoms with Gasteiger partial charge in [-0.3, -0.25) is 9.59 Å². The van der Waals surface area contributed by atoms with Gasteiger partial charge in [-0.1, -0.05) is 95.9 Å². The minimum absolute atomic E-state index is 0.0362. The summed E-state index contributed by atoms with van der Waals surface area (Å²) in [4.78, 5) is 29.6. The molecule has 2 amide bonds. The molecule has 1 N–H and O–H groups in total. The molecule has 1 aliphatic carbocycles. The molecule has 0 aliphatic heterocycles. The number of carbonyl (C=O) groups is 2. The van der Waals surface area contributed by atoms with Crippen LogP contribution in [0.4, 0.5) is 0 Å². The predicted octanol–water partition coefficient (Wildman–Crippen LogP) is 6.70. The van der Waals surface area contributed by atoms with Crippen molar-refractivity contribution in [2.45, 2.75) is 77.4 Å². The molecule has 1 atom stereocenters. The van der Waals surface area contributed by atoms with Crippen LogP contribution in [0.25, 0.3) is 0 Å². The minimum Gasteiger partial charge on any atom is -0.352 e. The van der Waals surface area contributed by atoms with Gasteiger partial charge in [0, 0.05) is 23.5 Å². The van der Waals surface area contributed by atoms with Crippen molar-refractivity contribution in [3.8, 4) is 0 Å². The summed E-state index contributed by atoms with van der Waals surface area (Å²) in [5.74, 6) is -0.0906. The lowest BCUT2D eigenvalue weighted by Crippen LogP contribution is -2.53. The Labute approximate surface area is 229 Å². The molecule has 0 unspecified atom stereocenters. The molecule has 5 heteroatoms. The molecule has 1 aliphatic rings. The van der Waals surface area contributed by atoms with Gasteiger partial charge in [-0.15, -0.1) is 0 Å². The van der Waals surface area contributed by atoms with Crippen LogP contribution in [-0.4, -0.2) is 28.8 Å². The second kappa shape index (κ2) is 13.0. The topological polar surface area (TPSA) is 49.4 Å². The van der Waals surface area contributed by atoms with Crippen molar-refractivity contribution in [3.63, 3.8) is 0 Å². The Kier molecular flexibility index (Phi) is 9.56. The van der Waals surface area contributed by atoms with Crippen molar-refractivity contribution >= 4 is 27.7 Å². The lowest BCUT2D eigenvalue weighted by atomic mass is 9.94. The molecule has 0 spiro atoms. The molecule has 0 aromatic heterocycles. The fourth-order valence-corrected chi connectivity index (χ4v) is 5.34. The van der Waals surface area contributed by atoms with Crippen LogP contribution >= 0.6 is 15.9 Å². The maximum absolute atomic E-state index is 13.9. The first-order valence-electron chi connectivity index (χ1n) is 13.3. The zero-order valence-corrected chi connectivity index (χ0v) is 23.5. The zero-order valence-electron chi connectivity index (χ0n) is 21.9. The quantitative estimate of drug-likeness (QED) is 0.316. The van der Waals surface area contributed by atoms with E-state index in [0.29, 0.717) is 13.0 Å². The largest absolute Gasteiger partial charge is 0.352 e.